The number of nitrogens with zero attached hydrogens (tertiary/aromatic N) is 2. The van der Waals surface area contributed by atoms with Gasteiger partial charge in [0.25, 0.3) is 0 Å². The number of hydrogen-bond acceptors (Lipinski definition) is 5. The highest BCUT2D eigenvalue weighted by atomic mass is 32.2. The number of ketones is 1. The first kappa shape index (κ1) is 17.7. The molecule has 2 aromatic carbocycles. The van der Waals surface area contributed by atoms with Crippen molar-refractivity contribution in [1.29, 1.82) is 5.26 Å². The normalized spacial score (nSPS) is 12.8. The Bertz CT molecular complexity index is 1080. The molecule has 1 atom stereocenters. The Morgan fingerprint density at radius 2 is 1.77 bits per heavy atom. The van der Waals surface area contributed by atoms with Crippen LogP contribution < -0.4 is 0 Å². The summed E-state index contributed by atoms with van der Waals surface area (Å²) in [6.07, 6.45) is 0. The molecule has 0 amide bonds. The second-order valence-electron chi connectivity index (χ2n) is 5.40. The first-order chi connectivity index (χ1) is 12.3. The number of benzene rings is 2. The summed E-state index contributed by atoms with van der Waals surface area (Å²) < 4.78 is 47.9. The molecule has 1 aromatic heterocycles. The van der Waals surface area contributed by atoms with Crippen molar-refractivity contribution < 1.29 is 22.0 Å². The molecule has 0 radical (unpaired) electrons. The van der Waals surface area contributed by atoms with Gasteiger partial charge < -0.3 is 4.98 Å². The topological polar surface area (TPSA) is 104 Å². The lowest BCUT2D eigenvalue weighted by Gasteiger charge is -2.07. The van der Waals surface area contributed by atoms with Gasteiger partial charge in [0.05, 0.1) is 22.0 Å². The van der Waals surface area contributed by atoms with Crippen LogP contribution in [-0.2, 0) is 9.84 Å². The zero-order chi connectivity index (χ0) is 18.9. The van der Waals surface area contributed by atoms with Crippen LogP contribution >= 0.6 is 0 Å². The second kappa shape index (κ2) is 6.65. The van der Waals surface area contributed by atoms with E-state index in [0.717, 1.165) is 24.3 Å². The SMILES string of the molecule is N#CC(C(=O)c1ccc(S(=O)(=O)C(F)F)cc1)c1nc2ccccc2[nH]1. The van der Waals surface area contributed by atoms with Crippen LogP contribution in [0.1, 0.15) is 22.1 Å². The van der Waals surface area contributed by atoms with Gasteiger partial charge in [0.15, 0.2) is 11.7 Å². The highest BCUT2D eigenvalue weighted by Gasteiger charge is 2.28. The molecule has 0 saturated carbocycles. The third-order valence-corrected chi connectivity index (χ3v) is 5.17. The minimum Gasteiger partial charge on any atom is -0.340 e. The Kier molecular flexibility index (Phi) is 4.52. The van der Waals surface area contributed by atoms with Gasteiger partial charge in [-0.15, -0.1) is 0 Å². The molecule has 132 valence electrons. The number of H-pyrrole nitrogens is 1. The number of para-hydroxylation sites is 2. The first-order valence-electron chi connectivity index (χ1n) is 7.35. The Morgan fingerprint density at radius 1 is 1.12 bits per heavy atom. The quantitative estimate of drug-likeness (QED) is 0.690. The number of sulfone groups is 1. The van der Waals surface area contributed by atoms with Gasteiger partial charge in [-0.05, 0) is 24.3 Å². The van der Waals surface area contributed by atoms with Crippen LogP contribution in [0.3, 0.4) is 0 Å². The fourth-order valence-electron chi connectivity index (χ4n) is 2.43. The monoisotopic (exact) mass is 375 g/mol. The molecule has 26 heavy (non-hydrogen) atoms. The van der Waals surface area contributed by atoms with Crippen molar-refractivity contribution in [3.63, 3.8) is 0 Å². The molecule has 0 bridgehead atoms. The lowest BCUT2D eigenvalue weighted by Crippen LogP contribution is -2.14. The average Bonchev–Trinajstić information content (AvgIpc) is 3.05. The Balaban J connectivity index is 1.93. The van der Waals surface area contributed by atoms with Crippen LogP contribution in [0.15, 0.2) is 53.4 Å². The van der Waals surface area contributed by atoms with E-state index in [1.54, 1.807) is 24.3 Å². The Hall–Kier alpha value is -3.12. The second-order valence-corrected chi connectivity index (χ2v) is 7.31. The molecule has 1 heterocycles. The maximum absolute atomic E-state index is 12.6. The molecule has 0 spiro atoms. The van der Waals surface area contributed by atoms with E-state index >= 15 is 0 Å². The smallest absolute Gasteiger partial charge is 0.340 e. The van der Waals surface area contributed by atoms with E-state index in [1.807, 2.05) is 6.07 Å². The molecule has 1 unspecified atom stereocenters. The van der Waals surface area contributed by atoms with Crippen molar-refractivity contribution in [2.45, 2.75) is 16.6 Å². The number of aromatic amines is 1. The number of rotatable bonds is 5. The van der Waals surface area contributed by atoms with E-state index in [1.165, 1.54) is 0 Å². The molecule has 3 aromatic rings. The van der Waals surface area contributed by atoms with Gasteiger partial charge >= 0.3 is 5.76 Å². The largest absolute Gasteiger partial charge is 0.341 e. The zero-order valence-corrected chi connectivity index (χ0v) is 13.9. The van der Waals surface area contributed by atoms with Gasteiger partial charge in [0.2, 0.25) is 9.84 Å². The van der Waals surface area contributed by atoms with Crippen molar-refractivity contribution >= 4 is 26.7 Å². The lowest BCUT2D eigenvalue weighted by atomic mass is 9.98. The number of aromatic nitrogens is 2. The molecule has 1 N–H and O–H groups in total. The van der Waals surface area contributed by atoms with Crippen molar-refractivity contribution in [2.75, 3.05) is 0 Å². The fraction of sp³-hybridized carbons (Fsp3) is 0.118. The van der Waals surface area contributed by atoms with Gasteiger partial charge in [-0.2, -0.15) is 14.0 Å². The first-order valence-corrected chi connectivity index (χ1v) is 8.90. The highest BCUT2D eigenvalue weighted by molar-refractivity contribution is 7.91. The van der Waals surface area contributed by atoms with Crippen molar-refractivity contribution in [3.05, 3.63) is 59.9 Å². The van der Waals surface area contributed by atoms with E-state index in [-0.39, 0.29) is 11.4 Å². The summed E-state index contributed by atoms with van der Waals surface area (Å²) in [6.45, 7) is 0. The number of nitriles is 1. The minimum atomic E-state index is -4.74. The van der Waals surface area contributed by atoms with E-state index in [9.17, 15) is 27.3 Å². The van der Waals surface area contributed by atoms with Crippen LogP contribution in [0.5, 0.6) is 0 Å². The fourth-order valence-corrected chi connectivity index (χ4v) is 3.15. The van der Waals surface area contributed by atoms with Gasteiger partial charge in [-0.1, -0.05) is 24.3 Å². The van der Waals surface area contributed by atoms with E-state index in [0.29, 0.717) is 11.0 Å². The highest BCUT2D eigenvalue weighted by Crippen LogP contribution is 2.23. The van der Waals surface area contributed by atoms with E-state index in [2.05, 4.69) is 9.97 Å². The van der Waals surface area contributed by atoms with E-state index < -0.39 is 32.2 Å². The number of hydrogen-bond donors (Lipinski definition) is 1. The maximum atomic E-state index is 12.6. The minimum absolute atomic E-state index is 0.0187. The number of nitrogens with one attached hydrogen (secondary N) is 1. The molecule has 0 saturated heterocycles. The van der Waals surface area contributed by atoms with Crippen LogP contribution in [0.25, 0.3) is 11.0 Å². The molecular formula is C17H11F2N3O3S. The third-order valence-electron chi connectivity index (χ3n) is 3.77. The molecule has 6 nitrogen and oxygen atoms in total. The van der Waals surface area contributed by atoms with Gasteiger partial charge in [-0.25, -0.2) is 13.4 Å². The lowest BCUT2D eigenvalue weighted by molar-refractivity contribution is 0.0976. The summed E-state index contributed by atoms with van der Waals surface area (Å²) >= 11 is 0. The number of fused-ring (bicyclic) bond motifs is 1. The summed E-state index contributed by atoms with van der Waals surface area (Å²) in [4.78, 5) is 19.1. The number of halogens is 2. The Morgan fingerprint density at radius 3 is 2.35 bits per heavy atom. The number of imidazole rings is 1. The molecule has 0 fully saturated rings. The predicted molar refractivity (Wildman–Crippen MR) is 88.4 cm³/mol. The number of carbonyl (C=O) groups excluding carboxylic acids is 1. The number of carbonyl (C=O) groups is 1. The molecular weight excluding hydrogens is 364 g/mol. The number of Topliss-reactive ketones (excluding diaryl/α,β-unsaturated/α-hetero) is 1. The zero-order valence-electron chi connectivity index (χ0n) is 13.1. The van der Waals surface area contributed by atoms with Crippen LogP contribution in [-0.4, -0.2) is 29.9 Å². The van der Waals surface area contributed by atoms with Crippen LogP contribution in [0.4, 0.5) is 8.78 Å². The summed E-state index contributed by atoms with van der Waals surface area (Å²) in [5.74, 6) is -5.25. The third kappa shape index (κ3) is 3.07. The van der Waals surface area contributed by atoms with Crippen molar-refractivity contribution in [1.82, 2.24) is 9.97 Å². The van der Waals surface area contributed by atoms with E-state index in [4.69, 9.17) is 0 Å². The van der Waals surface area contributed by atoms with Gasteiger partial charge in [-0.3, -0.25) is 4.79 Å². The summed E-state index contributed by atoms with van der Waals surface area (Å²) in [7, 11) is -4.74. The predicted octanol–water partition coefficient (Wildman–Crippen LogP) is 3.05. The Labute approximate surface area is 147 Å². The van der Waals surface area contributed by atoms with Gasteiger partial charge in [0.1, 0.15) is 5.82 Å². The standard InChI is InChI=1S/C17H11F2N3O3S/c18-17(19)26(24,25)11-7-5-10(6-8-11)15(23)12(9-20)16-21-13-3-1-2-4-14(13)22-16/h1-8,12,17H,(H,21,22). The molecule has 3 rings (SSSR count). The molecule has 9 heteroatoms. The molecule has 0 aliphatic heterocycles. The van der Waals surface area contributed by atoms with Crippen molar-refractivity contribution in [3.8, 4) is 6.07 Å². The van der Waals surface area contributed by atoms with Crippen molar-refractivity contribution in [2.24, 2.45) is 0 Å². The van der Waals surface area contributed by atoms with Crippen LogP contribution in [0.2, 0.25) is 0 Å². The summed E-state index contributed by atoms with van der Waals surface area (Å²) in [5.41, 5.74) is 1.27. The molecule has 0 aliphatic rings. The summed E-state index contributed by atoms with van der Waals surface area (Å²) in [6, 6.07) is 12.9. The average molecular weight is 375 g/mol. The summed E-state index contributed by atoms with van der Waals surface area (Å²) in [5, 5.41) is 9.37. The molecule has 0 aliphatic carbocycles. The maximum Gasteiger partial charge on any atom is 0.341 e. The number of alkyl halides is 2. The van der Waals surface area contributed by atoms with Gasteiger partial charge in [0, 0.05) is 5.56 Å². The van der Waals surface area contributed by atoms with Crippen LogP contribution in [0, 0.1) is 11.3 Å².